The standard InChI is InChI=1S/C17H17Cl2N5O/c18-12-5-4-11(6-13(12)19)7-20-17-22-14-8-21-24(9-10-2-1-3-10)15(14)16(25)23-17/h4-6,8,10H,1-3,7,9H2,(H2,20,22,23,25). The molecule has 0 bridgehead atoms. The van der Waals surface area contributed by atoms with Gasteiger partial charge >= 0.3 is 0 Å². The minimum atomic E-state index is -0.182. The number of halogens is 2. The van der Waals surface area contributed by atoms with Crippen molar-refractivity contribution in [3.8, 4) is 0 Å². The number of aromatic nitrogens is 4. The van der Waals surface area contributed by atoms with Crippen LogP contribution in [0.15, 0.2) is 29.2 Å². The van der Waals surface area contributed by atoms with Crippen LogP contribution in [0.1, 0.15) is 24.8 Å². The van der Waals surface area contributed by atoms with Crippen LogP contribution in [0.2, 0.25) is 10.0 Å². The van der Waals surface area contributed by atoms with Gasteiger partial charge in [0.05, 0.1) is 16.2 Å². The summed E-state index contributed by atoms with van der Waals surface area (Å²) in [5.74, 6) is 1.03. The van der Waals surface area contributed by atoms with Crippen molar-refractivity contribution in [2.24, 2.45) is 5.92 Å². The third kappa shape index (κ3) is 3.37. The number of benzene rings is 1. The summed E-state index contributed by atoms with van der Waals surface area (Å²) in [6, 6.07) is 5.39. The Hall–Kier alpha value is -2.05. The highest BCUT2D eigenvalue weighted by atomic mass is 35.5. The number of anilines is 1. The predicted molar refractivity (Wildman–Crippen MR) is 99.3 cm³/mol. The topological polar surface area (TPSA) is 75.6 Å². The summed E-state index contributed by atoms with van der Waals surface area (Å²) in [5.41, 5.74) is 1.89. The van der Waals surface area contributed by atoms with Gasteiger partial charge in [-0.3, -0.25) is 14.5 Å². The molecule has 1 aliphatic rings. The van der Waals surface area contributed by atoms with Crippen LogP contribution in [-0.4, -0.2) is 19.7 Å². The summed E-state index contributed by atoms with van der Waals surface area (Å²) in [6.07, 6.45) is 5.32. The minimum absolute atomic E-state index is 0.182. The van der Waals surface area contributed by atoms with E-state index in [9.17, 15) is 4.79 Å². The number of hydrogen-bond donors (Lipinski definition) is 2. The van der Waals surface area contributed by atoms with Crippen molar-refractivity contribution in [2.45, 2.75) is 32.4 Å². The van der Waals surface area contributed by atoms with Gasteiger partial charge in [-0.05, 0) is 36.5 Å². The van der Waals surface area contributed by atoms with E-state index >= 15 is 0 Å². The molecule has 2 aromatic heterocycles. The van der Waals surface area contributed by atoms with E-state index in [1.807, 2.05) is 6.07 Å². The molecular formula is C17H17Cl2N5O. The van der Waals surface area contributed by atoms with Gasteiger partial charge in [-0.15, -0.1) is 0 Å². The molecule has 4 rings (SSSR count). The van der Waals surface area contributed by atoms with Crippen LogP contribution in [0.5, 0.6) is 0 Å². The fourth-order valence-electron chi connectivity index (χ4n) is 2.98. The Kier molecular flexibility index (Phi) is 4.39. The van der Waals surface area contributed by atoms with Crippen molar-refractivity contribution >= 4 is 40.2 Å². The van der Waals surface area contributed by atoms with E-state index in [-0.39, 0.29) is 5.56 Å². The molecule has 0 amide bonds. The molecule has 0 aliphatic heterocycles. The van der Waals surface area contributed by atoms with Gasteiger partial charge < -0.3 is 5.32 Å². The number of hydrogen-bond acceptors (Lipinski definition) is 4. The second-order valence-corrected chi connectivity index (χ2v) is 7.19. The van der Waals surface area contributed by atoms with Gasteiger partial charge in [0, 0.05) is 13.1 Å². The highest BCUT2D eigenvalue weighted by Crippen LogP contribution is 2.28. The molecule has 1 aromatic carbocycles. The van der Waals surface area contributed by atoms with Crippen molar-refractivity contribution in [1.82, 2.24) is 19.7 Å². The Bertz CT molecular complexity index is 977. The molecule has 6 nitrogen and oxygen atoms in total. The van der Waals surface area contributed by atoms with Gasteiger partial charge in [-0.25, -0.2) is 4.98 Å². The number of nitrogens with one attached hydrogen (secondary N) is 2. The third-order valence-corrected chi connectivity index (χ3v) is 5.34. The Morgan fingerprint density at radius 3 is 2.84 bits per heavy atom. The lowest BCUT2D eigenvalue weighted by atomic mass is 9.85. The SMILES string of the molecule is O=c1[nH]c(NCc2ccc(Cl)c(Cl)c2)nc2cnn(CC3CCC3)c12. The summed E-state index contributed by atoms with van der Waals surface area (Å²) < 4.78 is 1.77. The van der Waals surface area contributed by atoms with Crippen molar-refractivity contribution in [2.75, 3.05) is 5.32 Å². The van der Waals surface area contributed by atoms with Crippen LogP contribution in [0, 0.1) is 5.92 Å². The average Bonchev–Trinajstić information content (AvgIpc) is 2.95. The Labute approximate surface area is 154 Å². The fourth-order valence-corrected chi connectivity index (χ4v) is 3.30. The number of H-pyrrole nitrogens is 1. The maximum absolute atomic E-state index is 12.4. The highest BCUT2D eigenvalue weighted by molar-refractivity contribution is 6.42. The first kappa shape index (κ1) is 16.4. The molecule has 1 aliphatic carbocycles. The van der Waals surface area contributed by atoms with Gasteiger partial charge in [-0.1, -0.05) is 35.7 Å². The molecule has 0 atom stereocenters. The number of rotatable bonds is 5. The number of fused-ring (bicyclic) bond motifs is 1. The normalized spacial score (nSPS) is 14.6. The van der Waals surface area contributed by atoms with E-state index in [4.69, 9.17) is 23.2 Å². The lowest BCUT2D eigenvalue weighted by Crippen LogP contribution is -2.22. The van der Waals surface area contributed by atoms with E-state index in [0.29, 0.717) is 39.5 Å². The first-order valence-electron chi connectivity index (χ1n) is 8.24. The Morgan fingerprint density at radius 1 is 1.28 bits per heavy atom. The fraction of sp³-hybridized carbons (Fsp3) is 0.353. The van der Waals surface area contributed by atoms with E-state index < -0.39 is 0 Å². The molecule has 0 saturated heterocycles. The molecule has 8 heteroatoms. The molecule has 0 radical (unpaired) electrons. The summed E-state index contributed by atoms with van der Waals surface area (Å²) in [6.45, 7) is 1.26. The first-order valence-corrected chi connectivity index (χ1v) is 8.99. The Morgan fingerprint density at radius 2 is 2.12 bits per heavy atom. The first-order chi connectivity index (χ1) is 12.1. The van der Waals surface area contributed by atoms with Crippen molar-refractivity contribution in [3.63, 3.8) is 0 Å². The van der Waals surface area contributed by atoms with E-state index in [0.717, 1.165) is 12.1 Å². The summed E-state index contributed by atoms with van der Waals surface area (Å²) in [4.78, 5) is 19.7. The van der Waals surface area contributed by atoms with Crippen LogP contribution in [-0.2, 0) is 13.1 Å². The number of aromatic amines is 1. The second-order valence-electron chi connectivity index (χ2n) is 6.37. The zero-order valence-electron chi connectivity index (χ0n) is 13.4. The maximum atomic E-state index is 12.4. The van der Waals surface area contributed by atoms with Crippen LogP contribution in [0.4, 0.5) is 5.95 Å². The molecule has 130 valence electrons. The molecule has 25 heavy (non-hydrogen) atoms. The van der Waals surface area contributed by atoms with Gasteiger partial charge in [0.15, 0.2) is 5.52 Å². The van der Waals surface area contributed by atoms with Crippen molar-refractivity contribution < 1.29 is 0 Å². The van der Waals surface area contributed by atoms with Crippen LogP contribution < -0.4 is 10.9 Å². The van der Waals surface area contributed by atoms with Gasteiger partial charge in [0.1, 0.15) is 5.52 Å². The lowest BCUT2D eigenvalue weighted by molar-refractivity contribution is 0.270. The zero-order chi connectivity index (χ0) is 17.4. The van der Waals surface area contributed by atoms with Crippen LogP contribution in [0.25, 0.3) is 11.0 Å². The average molecular weight is 378 g/mol. The number of nitrogens with zero attached hydrogens (tertiary/aromatic N) is 3. The largest absolute Gasteiger partial charge is 0.352 e. The smallest absolute Gasteiger partial charge is 0.278 e. The maximum Gasteiger partial charge on any atom is 0.278 e. The van der Waals surface area contributed by atoms with Gasteiger partial charge in [0.2, 0.25) is 5.95 Å². The quantitative estimate of drug-likeness (QED) is 0.708. The molecule has 0 unspecified atom stereocenters. The molecule has 1 fully saturated rings. The monoisotopic (exact) mass is 377 g/mol. The van der Waals surface area contributed by atoms with E-state index in [1.165, 1.54) is 19.3 Å². The van der Waals surface area contributed by atoms with Gasteiger partial charge in [-0.2, -0.15) is 5.10 Å². The Balaban J connectivity index is 1.54. The molecule has 1 saturated carbocycles. The second kappa shape index (κ2) is 6.69. The van der Waals surface area contributed by atoms with Gasteiger partial charge in [0.25, 0.3) is 5.56 Å². The third-order valence-electron chi connectivity index (χ3n) is 4.60. The molecule has 2 N–H and O–H groups in total. The predicted octanol–water partition coefficient (Wildman–Crippen LogP) is 3.84. The zero-order valence-corrected chi connectivity index (χ0v) is 14.9. The summed E-state index contributed by atoms with van der Waals surface area (Å²) in [5, 5.41) is 8.45. The molecule has 2 heterocycles. The summed E-state index contributed by atoms with van der Waals surface area (Å²) in [7, 11) is 0. The molecular weight excluding hydrogens is 361 g/mol. The van der Waals surface area contributed by atoms with Crippen LogP contribution in [0.3, 0.4) is 0 Å². The summed E-state index contributed by atoms with van der Waals surface area (Å²) >= 11 is 11.9. The van der Waals surface area contributed by atoms with E-state index in [1.54, 1.807) is 23.0 Å². The van der Waals surface area contributed by atoms with Crippen molar-refractivity contribution in [1.29, 1.82) is 0 Å². The molecule has 0 spiro atoms. The minimum Gasteiger partial charge on any atom is -0.352 e. The molecule has 3 aromatic rings. The lowest BCUT2D eigenvalue weighted by Gasteiger charge is -2.25. The van der Waals surface area contributed by atoms with Crippen LogP contribution >= 0.6 is 23.2 Å². The van der Waals surface area contributed by atoms with E-state index in [2.05, 4.69) is 20.4 Å². The highest BCUT2D eigenvalue weighted by Gasteiger charge is 2.20. The van der Waals surface area contributed by atoms with Crippen molar-refractivity contribution in [3.05, 3.63) is 50.4 Å².